The fourth-order valence-corrected chi connectivity index (χ4v) is 4.20. The van der Waals surface area contributed by atoms with Gasteiger partial charge in [0, 0.05) is 24.9 Å². The van der Waals surface area contributed by atoms with E-state index in [1.54, 1.807) is 31.4 Å². The second-order valence-electron chi connectivity index (χ2n) is 8.65. The minimum atomic E-state index is -0.969. The molecular formula is C28H29N5O4. The lowest BCUT2D eigenvalue weighted by molar-refractivity contribution is -0.127. The van der Waals surface area contributed by atoms with Crippen molar-refractivity contribution in [3.8, 4) is 0 Å². The van der Waals surface area contributed by atoms with E-state index < -0.39 is 6.04 Å². The lowest BCUT2D eigenvalue weighted by Gasteiger charge is -2.32. The maximum Gasteiger partial charge on any atom is 0.249 e. The zero-order valence-electron chi connectivity index (χ0n) is 21.0. The summed E-state index contributed by atoms with van der Waals surface area (Å²) in [6.07, 6.45) is 0. The van der Waals surface area contributed by atoms with Gasteiger partial charge in [-0.1, -0.05) is 41.6 Å². The number of methoxy groups -OCH3 is 1. The molecule has 1 aromatic heterocycles. The Bertz CT molecular complexity index is 1410. The average Bonchev–Trinajstić information content (AvgIpc) is 3.30. The average molecular weight is 500 g/mol. The van der Waals surface area contributed by atoms with Crippen LogP contribution in [0, 0.1) is 6.92 Å². The highest BCUT2D eigenvalue weighted by Crippen LogP contribution is 2.31. The van der Waals surface area contributed by atoms with Crippen LogP contribution in [0.2, 0.25) is 0 Å². The smallest absolute Gasteiger partial charge is 0.249 e. The van der Waals surface area contributed by atoms with Crippen molar-refractivity contribution in [1.29, 1.82) is 0 Å². The molecule has 2 amide bonds. The number of carbonyl (C=O) groups is 3. The van der Waals surface area contributed by atoms with Gasteiger partial charge in [0.15, 0.2) is 5.78 Å². The Hall–Kier alpha value is -4.37. The number of carbonyl (C=O) groups excluding carboxylic acids is 3. The molecule has 0 radical (unpaired) electrons. The lowest BCUT2D eigenvalue weighted by atomic mass is 9.98. The Balaban J connectivity index is 1.80. The second-order valence-corrected chi connectivity index (χ2v) is 8.65. The summed E-state index contributed by atoms with van der Waals surface area (Å²) in [5.41, 5.74) is 3.91. The Labute approximate surface area is 215 Å². The van der Waals surface area contributed by atoms with Crippen molar-refractivity contribution in [2.24, 2.45) is 0 Å². The number of anilines is 1. The van der Waals surface area contributed by atoms with Crippen molar-refractivity contribution >= 4 is 34.3 Å². The van der Waals surface area contributed by atoms with Crippen LogP contribution >= 0.6 is 0 Å². The van der Waals surface area contributed by atoms with Crippen LogP contribution in [0.25, 0.3) is 11.0 Å². The Morgan fingerprint density at radius 1 is 1.00 bits per heavy atom. The minimum Gasteiger partial charge on any atom is -0.383 e. The van der Waals surface area contributed by atoms with Gasteiger partial charge in [-0.15, -0.1) is 5.10 Å². The molecule has 0 aliphatic rings. The monoisotopic (exact) mass is 499 g/mol. The van der Waals surface area contributed by atoms with E-state index in [-0.39, 0.29) is 30.7 Å². The van der Waals surface area contributed by atoms with Gasteiger partial charge in [0.2, 0.25) is 11.8 Å². The normalized spacial score (nSPS) is 11.8. The van der Waals surface area contributed by atoms with Crippen LogP contribution in [0.3, 0.4) is 0 Å². The first-order valence-corrected chi connectivity index (χ1v) is 11.9. The number of Topliss-reactive ketones (excluding diaryl/α,β-unsaturated/α-hetero) is 1. The molecule has 0 saturated carbocycles. The minimum absolute atomic E-state index is 0.0914. The zero-order valence-corrected chi connectivity index (χ0v) is 21.0. The molecule has 0 aliphatic carbocycles. The number of nitrogens with one attached hydrogen (secondary N) is 1. The summed E-state index contributed by atoms with van der Waals surface area (Å²) in [5, 5.41) is 11.2. The van der Waals surface area contributed by atoms with E-state index in [4.69, 9.17) is 4.74 Å². The Kier molecular flexibility index (Phi) is 8.05. The molecule has 3 aromatic carbocycles. The van der Waals surface area contributed by atoms with E-state index in [1.807, 2.05) is 55.5 Å². The first-order valence-electron chi connectivity index (χ1n) is 11.9. The largest absolute Gasteiger partial charge is 0.383 e. The van der Waals surface area contributed by atoms with Crippen molar-refractivity contribution in [1.82, 2.24) is 20.3 Å². The number of aryl methyl sites for hydroxylation is 1. The van der Waals surface area contributed by atoms with Gasteiger partial charge in [-0.3, -0.25) is 19.3 Å². The van der Waals surface area contributed by atoms with Crippen molar-refractivity contribution in [3.63, 3.8) is 0 Å². The first kappa shape index (κ1) is 25.7. The molecule has 0 spiro atoms. The van der Waals surface area contributed by atoms with Crippen LogP contribution in [0.15, 0.2) is 72.8 Å². The van der Waals surface area contributed by atoms with Gasteiger partial charge in [-0.05, 0) is 61.4 Å². The molecule has 0 saturated heterocycles. The zero-order chi connectivity index (χ0) is 26.4. The number of fused-ring (bicyclic) bond motifs is 1. The number of ketones is 1. The molecule has 1 heterocycles. The van der Waals surface area contributed by atoms with Gasteiger partial charge < -0.3 is 10.1 Å². The van der Waals surface area contributed by atoms with Gasteiger partial charge in [-0.2, -0.15) is 0 Å². The molecule has 0 aliphatic heterocycles. The van der Waals surface area contributed by atoms with E-state index >= 15 is 0 Å². The summed E-state index contributed by atoms with van der Waals surface area (Å²) in [5.74, 6) is -0.800. The summed E-state index contributed by atoms with van der Waals surface area (Å²) in [4.78, 5) is 41.0. The van der Waals surface area contributed by atoms with E-state index in [1.165, 1.54) is 16.5 Å². The predicted octanol–water partition coefficient (Wildman–Crippen LogP) is 3.48. The number of hydrogen-bond acceptors (Lipinski definition) is 6. The molecule has 9 heteroatoms. The molecule has 190 valence electrons. The lowest BCUT2D eigenvalue weighted by Crippen LogP contribution is -2.46. The Morgan fingerprint density at radius 2 is 1.70 bits per heavy atom. The standard InChI is InChI=1S/C28H29N5O4/c1-19-8-4-5-9-23(19)27(28(36)29-16-17-37-3)33(22-14-12-21(13-15-22)20(2)34)26(35)18-32-25-11-7-6-10-24(25)30-31-32/h4-15,27H,16-18H2,1-3H3,(H,29,36). The fourth-order valence-electron chi connectivity index (χ4n) is 4.20. The number of aromatic nitrogens is 3. The number of nitrogens with zero attached hydrogens (tertiary/aromatic N) is 4. The fraction of sp³-hybridized carbons (Fsp3) is 0.250. The van der Waals surface area contributed by atoms with E-state index in [9.17, 15) is 14.4 Å². The van der Waals surface area contributed by atoms with Crippen LogP contribution in [0.5, 0.6) is 0 Å². The van der Waals surface area contributed by atoms with Gasteiger partial charge in [0.1, 0.15) is 18.1 Å². The van der Waals surface area contributed by atoms with Crippen LogP contribution in [0.1, 0.15) is 34.5 Å². The molecule has 1 atom stereocenters. The van der Waals surface area contributed by atoms with Crippen LogP contribution in [-0.2, 0) is 20.9 Å². The summed E-state index contributed by atoms with van der Waals surface area (Å²) < 4.78 is 6.62. The topological polar surface area (TPSA) is 106 Å². The molecule has 9 nitrogen and oxygen atoms in total. The van der Waals surface area contributed by atoms with Crippen LogP contribution in [0.4, 0.5) is 5.69 Å². The third-order valence-corrected chi connectivity index (χ3v) is 6.12. The number of para-hydroxylation sites is 1. The van der Waals surface area contributed by atoms with Crippen molar-refractivity contribution < 1.29 is 19.1 Å². The summed E-state index contributed by atoms with van der Waals surface area (Å²) >= 11 is 0. The van der Waals surface area contributed by atoms with Gasteiger partial charge >= 0.3 is 0 Å². The molecular weight excluding hydrogens is 470 g/mol. The van der Waals surface area contributed by atoms with Crippen molar-refractivity contribution in [3.05, 3.63) is 89.5 Å². The third-order valence-electron chi connectivity index (χ3n) is 6.12. The van der Waals surface area contributed by atoms with E-state index in [0.717, 1.165) is 5.56 Å². The van der Waals surface area contributed by atoms with Crippen molar-refractivity contribution in [2.45, 2.75) is 26.4 Å². The summed E-state index contributed by atoms with van der Waals surface area (Å²) in [6, 6.07) is 20.5. The number of benzene rings is 3. The maximum absolute atomic E-state index is 14.0. The molecule has 1 unspecified atom stereocenters. The van der Waals surface area contributed by atoms with E-state index in [0.29, 0.717) is 34.5 Å². The van der Waals surface area contributed by atoms with Crippen LogP contribution < -0.4 is 10.2 Å². The maximum atomic E-state index is 14.0. The molecule has 4 rings (SSSR count). The highest BCUT2D eigenvalue weighted by Gasteiger charge is 2.34. The highest BCUT2D eigenvalue weighted by atomic mass is 16.5. The SMILES string of the molecule is COCCNC(=O)C(c1ccccc1C)N(C(=O)Cn1nnc2ccccc21)c1ccc(C(C)=O)cc1. The Morgan fingerprint density at radius 3 is 2.41 bits per heavy atom. The van der Waals surface area contributed by atoms with E-state index in [2.05, 4.69) is 15.6 Å². The second kappa shape index (κ2) is 11.6. The van der Waals surface area contributed by atoms with Gasteiger partial charge in [0.25, 0.3) is 0 Å². The molecule has 4 aromatic rings. The quantitative estimate of drug-likeness (QED) is 0.265. The summed E-state index contributed by atoms with van der Waals surface area (Å²) in [7, 11) is 1.56. The highest BCUT2D eigenvalue weighted by molar-refractivity contribution is 6.02. The third kappa shape index (κ3) is 5.73. The van der Waals surface area contributed by atoms with Gasteiger partial charge in [-0.25, -0.2) is 4.68 Å². The summed E-state index contributed by atoms with van der Waals surface area (Å²) in [6.45, 7) is 3.86. The number of hydrogen-bond donors (Lipinski definition) is 1. The molecule has 0 bridgehead atoms. The number of amides is 2. The molecule has 1 N–H and O–H groups in total. The molecule has 37 heavy (non-hydrogen) atoms. The predicted molar refractivity (Wildman–Crippen MR) is 140 cm³/mol. The number of rotatable bonds is 10. The molecule has 0 fully saturated rings. The van der Waals surface area contributed by atoms with Crippen molar-refractivity contribution in [2.75, 3.05) is 25.2 Å². The first-order chi connectivity index (χ1) is 17.9. The number of ether oxygens (including phenoxy) is 1. The van der Waals surface area contributed by atoms with Gasteiger partial charge in [0.05, 0.1) is 12.1 Å². The van der Waals surface area contributed by atoms with Crippen LogP contribution in [-0.4, -0.2) is 52.9 Å².